The van der Waals surface area contributed by atoms with Crippen molar-refractivity contribution >= 4 is 6.03 Å². The van der Waals surface area contributed by atoms with Crippen LogP contribution in [0.2, 0.25) is 0 Å². The van der Waals surface area contributed by atoms with Crippen molar-refractivity contribution in [2.75, 3.05) is 7.05 Å². The third-order valence-electron chi connectivity index (χ3n) is 3.33. The molecule has 0 aliphatic heterocycles. The smallest absolute Gasteiger partial charge is 0.317 e. The van der Waals surface area contributed by atoms with Crippen LogP contribution in [0.3, 0.4) is 0 Å². The maximum atomic E-state index is 11.9. The van der Waals surface area contributed by atoms with Crippen LogP contribution < -0.4 is 5.32 Å². The van der Waals surface area contributed by atoms with E-state index in [2.05, 4.69) is 10.4 Å². The molecule has 1 saturated carbocycles. The van der Waals surface area contributed by atoms with Gasteiger partial charge < -0.3 is 10.2 Å². The second kappa shape index (κ2) is 5.36. The lowest BCUT2D eigenvalue weighted by Crippen LogP contribution is -2.37. The number of amides is 2. The van der Waals surface area contributed by atoms with Gasteiger partial charge in [-0.25, -0.2) is 9.48 Å². The third-order valence-corrected chi connectivity index (χ3v) is 3.33. The zero-order chi connectivity index (χ0) is 13.9. The second-order valence-corrected chi connectivity index (χ2v) is 5.21. The molecule has 1 N–H and O–H groups in total. The van der Waals surface area contributed by atoms with Gasteiger partial charge in [0.15, 0.2) is 0 Å². The van der Waals surface area contributed by atoms with Crippen LogP contribution in [0.25, 0.3) is 5.69 Å². The molecule has 1 aromatic heterocycles. The second-order valence-electron chi connectivity index (χ2n) is 5.21. The normalized spacial score (nSPS) is 14.1. The molecule has 104 valence electrons. The number of hydrogen-bond acceptors (Lipinski definition) is 2. The molecular weight excluding hydrogens is 252 g/mol. The molecule has 3 rings (SSSR count). The Balaban J connectivity index is 1.63. The van der Waals surface area contributed by atoms with E-state index in [1.165, 1.54) is 0 Å². The van der Waals surface area contributed by atoms with Gasteiger partial charge >= 0.3 is 6.03 Å². The van der Waals surface area contributed by atoms with E-state index in [1.807, 2.05) is 41.2 Å². The first-order valence-corrected chi connectivity index (χ1v) is 6.83. The van der Waals surface area contributed by atoms with Crippen LogP contribution in [0.5, 0.6) is 0 Å². The van der Waals surface area contributed by atoms with Gasteiger partial charge in [-0.2, -0.15) is 5.10 Å². The average Bonchev–Trinajstić information content (AvgIpc) is 3.16. The molecule has 20 heavy (non-hydrogen) atoms. The van der Waals surface area contributed by atoms with Crippen molar-refractivity contribution in [2.45, 2.75) is 25.4 Å². The Kier molecular flexibility index (Phi) is 3.41. The molecule has 0 spiro atoms. The minimum atomic E-state index is -0.0139. The lowest BCUT2D eigenvalue weighted by Gasteiger charge is -2.16. The first kappa shape index (κ1) is 12.7. The van der Waals surface area contributed by atoms with Crippen LogP contribution in [0.4, 0.5) is 4.79 Å². The summed E-state index contributed by atoms with van der Waals surface area (Å²) in [6.45, 7) is 0.561. The number of nitrogens with one attached hydrogen (secondary N) is 1. The number of para-hydroxylation sites is 1. The van der Waals surface area contributed by atoms with E-state index >= 15 is 0 Å². The van der Waals surface area contributed by atoms with E-state index in [9.17, 15) is 4.79 Å². The summed E-state index contributed by atoms with van der Waals surface area (Å²) in [5.41, 5.74) is 2.03. The molecule has 1 fully saturated rings. The van der Waals surface area contributed by atoms with Gasteiger partial charge in [-0.3, -0.25) is 0 Å². The summed E-state index contributed by atoms with van der Waals surface area (Å²) < 4.78 is 1.82. The van der Waals surface area contributed by atoms with Gasteiger partial charge in [-0.1, -0.05) is 18.2 Å². The zero-order valence-corrected chi connectivity index (χ0v) is 11.5. The minimum Gasteiger partial charge on any atom is -0.335 e. The monoisotopic (exact) mass is 270 g/mol. The van der Waals surface area contributed by atoms with Gasteiger partial charge in [-0.15, -0.1) is 0 Å². The molecule has 5 nitrogen and oxygen atoms in total. The van der Waals surface area contributed by atoms with Crippen LogP contribution in [0, 0.1) is 0 Å². The summed E-state index contributed by atoms with van der Waals surface area (Å²) >= 11 is 0. The first-order valence-electron chi connectivity index (χ1n) is 6.83. The topological polar surface area (TPSA) is 50.2 Å². The molecule has 1 aliphatic rings. The molecule has 0 saturated heterocycles. The number of carbonyl (C=O) groups excluding carboxylic acids is 1. The summed E-state index contributed by atoms with van der Waals surface area (Å²) in [6.07, 6.45) is 5.96. The largest absolute Gasteiger partial charge is 0.335 e. The van der Waals surface area contributed by atoms with Gasteiger partial charge in [0.2, 0.25) is 0 Å². The maximum Gasteiger partial charge on any atom is 0.317 e. The fourth-order valence-electron chi connectivity index (χ4n) is 2.02. The predicted octanol–water partition coefficient (Wildman–Crippen LogP) is 2.18. The van der Waals surface area contributed by atoms with Gasteiger partial charge in [0.05, 0.1) is 18.4 Å². The molecule has 5 heteroatoms. The van der Waals surface area contributed by atoms with E-state index in [1.54, 1.807) is 18.1 Å². The minimum absolute atomic E-state index is 0.0139. The lowest BCUT2D eigenvalue weighted by atomic mass is 10.3. The van der Waals surface area contributed by atoms with Crippen molar-refractivity contribution in [3.63, 3.8) is 0 Å². The molecule has 1 aliphatic carbocycles. The number of carbonyl (C=O) groups is 1. The zero-order valence-electron chi connectivity index (χ0n) is 11.5. The van der Waals surface area contributed by atoms with Crippen molar-refractivity contribution in [3.8, 4) is 5.69 Å². The highest BCUT2D eigenvalue weighted by Gasteiger charge is 2.24. The van der Waals surface area contributed by atoms with E-state index in [0.717, 1.165) is 24.1 Å². The summed E-state index contributed by atoms with van der Waals surface area (Å²) in [5.74, 6) is 0. The van der Waals surface area contributed by atoms with Gasteiger partial charge in [0.25, 0.3) is 0 Å². The number of aromatic nitrogens is 2. The Morgan fingerprint density at radius 2 is 2.15 bits per heavy atom. The highest BCUT2D eigenvalue weighted by molar-refractivity contribution is 5.74. The Bertz CT molecular complexity index is 589. The Hall–Kier alpha value is -2.30. The van der Waals surface area contributed by atoms with E-state index in [4.69, 9.17) is 0 Å². The molecule has 0 bridgehead atoms. The van der Waals surface area contributed by atoms with E-state index in [0.29, 0.717) is 12.6 Å². The van der Waals surface area contributed by atoms with Gasteiger partial charge in [0, 0.05) is 24.8 Å². The molecule has 1 aromatic carbocycles. The fraction of sp³-hybridized carbons (Fsp3) is 0.333. The SMILES string of the molecule is CN(Cc1cnn(-c2ccccc2)c1)C(=O)NC1CC1. The summed E-state index contributed by atoms with van der Waals surface area (Å²) in [4.78, 5) is 13.5. The molecule has 1 heterocycles. The highest BCUT2D eigenvalue weighted by Crippen LogP contribution is 2.19. The molecular formula is C15H18N4O. The molecule has 0 radical (unpaired) electrons. The quantitative estimate of drug-likeness (QED) is 0.925. The van der Waals surface area contributed by atoms with Gasteiger partial charge in [-0.05, 0) is 25.0 Å². The number of nitrogens with zero attached hydrogens (tertiary/aromatic N) is 3. The van der Waals surface area contributed by atoms with Crippen molar-refractivity contribution < 1.29 is 4.79 Å². The van der Waals surface area contributed by atoms with Gasteiger partial charge in [0.1, 0.15) is 0 Å². The third kappa shape index (κ3) is 2.99. The molecule has 0 unspecified atom stereocenters. The van der Waals surface area contributed by atoms with E-state index < -0.39 is 0 Å². The van der Waals surface area contributed by atoms with Crippen LogP contribution in [0.1, 0.15) is 18.4 Å². The van der Waals surface area contributed by atoms with Crippen LogP contribution >= 0.6 is 0 Å². The number of hydrogen-bond donors (Lipinski definition) is 1. The number of urea groups is 1. The molecule has 0 atom stereocenters. The molecule has 2 aromatic rings. The maximum absolute atomic E-state index is 11.9. The standard InChI is InChI=1S/C15H18N4O/c1-18(15(20)17-13-7-8-13)10-12-9-16-19(11-12)14-5-3-2-4-6-14/h2-6,9,11,13H,7-8,10H2,1H3,(H,17,20). The summed E-state index contributed by atoms with van der Waals surface area (Å²) in [5, 5.41) is 7.30. The lowest BCUT2D eigenvalue weighted by molar-refractivity contribution is 0.206. The highest BCUT2D eigenvalue weighted by atomic mass is 16.2. The molecule has 2 amide bonds. The van der Waals surface area contributed by atoms with Crippen LogP contribution in [-0.2, 0) is 6.54 Å². The van der Waals surface area contributed by atoms with Crippen LogP contribution in [-0.4, -0.2) is 33.8 Å². The Labute approximate surface area is 118 Å². The predicted molar refractivity (Wildman–Crippen MR) is 76.6 cm³/mol. The average molecular weight is 270 g/mol. The first-order chi connectivity index (χ1) is 9.72. The van der Waals surface area contributed by atoms with Crippen LogP contribution in [0.15, 0.2) is 42.7 Å². The van der Waals surface area contributed by atoms with Crippen molar-refractivity contribution in [3.05, 3.63) is 48.3 Å². The Morgan fingerprint density at radius 1 is 1.40 bits per heavy atom. The van der Waals surface area contributed by atoms with Crippen molar-refractivity contribution in [1.82, 2.24) is 20.0 Å². The van der Waals surface area contributed by atoms with E-state index in [-0.39, 0.29) is 6.03 Å². The van der Waals surface area contributed by atoms with Crippen molar-refractivity contribution in [2.24, 2.45) is 0 Å². The fourth-order valence-corrected chi connectivity index (χ4v) is 2.02. The summed E-state index contributed by atoms with van der Waals surface area (Å²) in [6, 6.07) is 10.3. The number of benzene rings is 1. The number of rotatable bonds is 4. The summed E-state index contributed by atoms with van der Waals surface area (Å²) in [7, 11) is 1.80. The Morgan fingerprint density at radius 3 is 2.85 bits per heavy atom. The van der Waals surface area contributed by atoms with Crippen molar-refractivity contribution in [1.29, 1.82) is 0 Å².